The van der Waals surface area contributed by atoms with Gasteiger partial charge in [-0.15, -0.1) is 11.3 Å². The molecule has 20 heavy (non-hydrogen) atoms. The van der Waals surface area contributed by atoms with Crippen LogP contribution in [0, 0.1) is 5.92 Å². The van der Waals surface area contributed by atoms with Crippen LogP contribution < -0.4 is 5.32 Å². The number of hydrogen-bond acceptors (Lipinski definition) is 4. The zero-order chi connectivity index (χ0) is 14.4. The molecule has 0 atom stereocenters. The summed E-state index contributed by atoms with van der Waals surface area (Å²) in [4.78, 5) is 20.1. The third kappa shape index (κ3) is 4.42. The molecule has 0 radical (unpaired) electrons. The predicted octanol–water partition coefficient (Wildman–Crippen LogP) is 2.91. The Morgan fingerprint density at radius 3 is 2.80 bits per heavy atom. The Labute approximate surface area is 123 Å². The highest BCUT2D eigenvalue weighted by Crippen LogP contribution is 2.21. The molecule has 0 spiro atoms. The summed E-state index contributed by atoms with van der Waals surface area (Å²) in [5.41, 5.74) is 2.05. The lowest BCUT2D eigenvalue weighted by molar-refractivity contribution is -0.121. The first-order chi connectivity index (χ1) is 9.65. The Morgan fingerprint density at radius 1 is 1.35 bits per heavy atom. The van der Waals surface area contributed by atoms with E-state index in [-0.39, 0.29) is 5.91 Å². The summed E-state index contributed by atoms with van der Waals surface area (Å²) in [6.45, 7) is 4.73. The molecule has 0 aromatic carbocycles. The average Bonchev–Trinajstić information content (AvgIpc) is 2.88. The molecule has 0 aliphatic rings. The van der Waals surface area contributed by atoms with Crippen molar-refractivity contribution >= 4 is 17.2 Å². The number of carbonyl (C=O) groups is 1. The molecular formula is C15H19N3OS. The summed E-state index contributed by atoms with van der Waals surface area (Å²) in [5.74, 6) is 0.513. The average molecular weight is 289 g/mol. The van der Waals surface area contributed by atoms with E-state index in [0.29, 0.717) is 18.9 Å². The van der Waals surface area contributed by atoms with E-state index >= 15 is 0 Å². The van der Waals surface area contributed by atoms with Crippen LogP contribution in [0.5, 0.6) is 0 Å². The number of rotatable bonds is 6. The maximum absolute atomic E-state index is 11.5. The van der Waals surface area contributed by atoms with Crippen molar-refractivity contribution < 1.29 is 4.79 Å². The second-order valence-corrected chi connectivity index (χ2v) is 6.00. The van der Waals surface area contributed by atoms with E-state index in [1.165, 1.54) is 0 Å². The Kier molecular flexibility index (Phi) is 5.24. The van der Waals surface area contributed by atoms with Crippen LogP contribution in [0.25, 0.3) is 11.3 Å². The Balaban J connectivity index is 1.83. The first kappa shape index (κ1) is 14.7. The van der Waals surface area contributed by atoms with Gasteiger partial charge in [0.15, 0.2) is 0 Å². The fourth-order valence-corrected chi connectivity index (χ4v) is 2.64. The number of aromatic nitrogens is 2. The lowest BCUT2D eigenvalue weighted by atomic mass is 10.1. The van der Waals surface area contributed by atoms with Crippen LogP contribution in [-0.4, -0.2) is 22.4 Å². The van der Waals surface area contributed by atoms with E-state index in [2.05, 4.69) is 15.3 Å². The van der Waals surface area contributed by atoms with Gasteiger partial charge in [-0.1, -0.05) is 13.8 Å². The number of pyridine rings is 1. The minimum absolute atomic E-state index is 0.117. The molecule has 0 saturated heterocycles. The minimum Gasteiger partial charge on any atom is -0.356 e. The van der Waals surface area contributed by atoms with Crippen molar-refractivity contribution in [3.8, 4) is 11.3 Å². The van der Waals surface area contributed by atoms with Crippen LogP contribution in [-0.2, 0) is 11.2 Å². The Morgan fingerprint density at radius 2 is 2.10 bits per heavy atom. The van der Waals surface area contributed by atoms with Gasteiger partial charge in [-0.3, -0.25) is 9.78 Å². The summed E-state index contributed by atoms with van der Waals surface area (Å²) >= 11 is 1.63. The van der Waals surface area contributed by atoms with E-state index in [1.54, 1.807) is 23.7 Å². The highest BCUT2D eigenvalue weighted by atomic mass is 32.1. The second kappa shape index (κ2) is 7.14. The number of nitrogens with one attached hydrogen (secondary N) is 1. The summed E-state index contributed by atoms with van der Waals surface area (Å²) < 4.78 is 0. The molecule has 2 aromatic heterocycles. The van der Waals surface area contributed by atoms with Crippen molar-refractivity contribution in [3.63, 3.8) is 0 Å². The highest BCUT2D eigenvalue weighted by molar-refractivity contribution is 7.09. The molecule has 5 heteroatoms. The first-order valence-electron chi connectivity index (χ1n) is 6.76. The van der Waals surface area contributed by atoms with E-state index < -0.39 is 0 Å². The van der Waals surface area contributed by atoms with Crippen molar-refractivity contribution in [2.24, 2.45) is 5.92 Å². The molecule has 0 unspecified atom stereocenters. The summed E-state index contributed by atoms with van der Waals surface area (Å²) in [6, 6.07) is 3.90. The third-order valence-electron chi connectivity index (χ3n) is 2.78. The summed E-state index contributed by atoms with van der Waals surface area (Å²) in [7, 11) is 0. The molecule has 0 saturated carbocycles. The molecule has 1 amide bonds. The fraction of sp³-hybridized carbons (Fsp3) is 0.400. The molecule has 2 rings (SSSR count). The topological polar surface area (TPSA) is 54.9 Å². The van der Waals surface area contributed by atoms with Gasteiger partial charge in [-0.2, -0.15) is 0 Å². The molecule has 0 aliphatic carbocycles. The second-order valence-electron chi connectivity index (χ2n) is 5.06. The molecule has 106 valence electrons. The van der Waals surface area contributed by atoms with Gasteiger partial charge in [0, 0.05) is 42.7 Å². The van der Waals surface area contributed by atoms with Crippen molar-refractivity contribution in [2.75, 3.05) is 6.54 Å². The molecule has 0 aliphatic heterocycles. The first-order valence-corrected chi connectivity index (χ1v) is 7.64. The van der Waals surface area contributed by atoms with E-state index in [9.17, 15) is 4.79 Å². The number of thiazole rings is 1. The van der Waals surface area contributed by atoms with Gasteiger partial charge in [-0.25, -0.2) is 4.98 Å². The van der Waals surface area contributed by atoms with Crippen LogP contribution in [0.4, 0.5) is 0 Å². The van der Waals surface area contributed by atoms with Crippen molar-refractivity contribution in [3.05, 3.63) is 34.9 Å². The zero-order valence-electron chi connectivity index (χ0n) is 11.8. The van der Waals surface area contributed by atoms with Crippen molar-refractivity contribution in [2.45, 2.75) is 26.7 Å². The van der Waals surface area contributed by atoms with E-state index in [4.69, 9.17) is 0 Å². The van der Waals surface area contributed by atoms with Gasteiger partial charge >= 0.3 is 0 Å². The van der Waals surface area contributed by atoms with Gasteiger partial charge in [0.1, 0.15) is 0 Å². The molecule has 1 N–H and O–H groups in total. The predicted molar refractivity (Wildman–Crippen MR) is 81.5 cm³/mol. The van der Waals surface area contributed by atoms with Crippen molar-refractivity contribution in [1.82, 2.24) is 15.3 Å². The SMILES string of the molecule is CC(C)CC(=O)NCCc1nc(-c2ccncc2)cs1. The van der Waals surface area contributed by atoms with Crippen LogP contribution >= 0.6 is 11.3 Å². The maximum Gasteiger partial charge on any atom is 0.220 e. The van der Waals surface area contributed by atoms with Gasteiger partial charge < -0.3 is 5.32 Å². The maximum atomic E-state index is 11.5. The quantitative estimate of drug-likeness (QED) is 0.889. The van der Waals surface area contributed by atoms with Crippen LogP contribution in [0.15, 0.2) is 29.9 Å². The monoisotopic (exact) mass is 289 g/mol. The molecule has 2 aromatic rings. The fourth-order valence-electron chi connectivity index (χ4n) is 1.83. The number of hydrogen-bond donors (Lipinski definition) is 1. The lowest BCUT2D eigenvalue weighted by Gasteiger charge is -2.05. The number of amides is 1. The molecule has 2 heterocycles. The van der Waals surface area contributed by atoms with Gasteiger partial charge in [0.2, 0.25) is 5.91 Å². The van der Waals surface area contributed by atoms with Gasteiger partial charge in [0.25, 0.3) is 0 Å². The third-order valence-corrected chi connectivity index (χ3v) is 3.69. The Hall–Kier alpha value is -1.75. The largest absolute Gasteiger partial charge is 0.356 e. The van der Waals surface area contributed by atoms with Gasteiger partial charge in [-0.05, 0) is 18.1 Å². The number of carbonyl (C=O) groups excluding carboxylic acids is 1. The molecule has 4 nitrogen and oxygen atoms in total. The van der Waals surface area contributed by atoms with E-state index in [1.807, 2.05) is 31.4 Å². The lowest BCUT2D eigenvalue weighted by Crippen LogP contribution is -2.26. The zero-order valence-corrected chi connectivity index (χ0v) is 12.6. The van der Waals surface area contributed by atoms with Gasteiger partial charge in [0.05, 0.1) is 10.7 Å². The summed E-state index contributed by atoms with van der Waals surface area (Å²) in [5, 5.41) is 6.01. The van der Waals surface area contributed by atoms with Crippen LogP contribution in [0.3, 0.4) is 0 Å². The molecular weight excluding hydrogens is 270 g/mol. The normalized spacial score (nSPS) is 10.8. The van der Waals surface area contributed by atoms with Crippen LogP contribution in [0.1, 0.15) is 25.3 Å². The van der Waals surface area contributed by atoms with Crippen molar-refractivity contribution in [1.29, 1.82) is 0 Å². The van der Waals surface area contributed by atoms with Crippen LogP contribution in [0.2, 0.25) is 0 Å². The Bertz CT molecular complexity index is 551. The van der Waals surface area contributed by atoms with E-state index in [0.717, 1.165) is 22.7 Å². The molecule has 0 bridgehead atoms. The summed E-state index contributed by atoms with van der Waals surface area (Å²) in [6.07, 6.45) is 4.89. The standard InChI is InChI=1S/C15H19N3OS/c1-11(2)9-14(19)17-8-5-15-18-13(10-20-15)12-3-6-16-7-4-12/h3-4,6-7,10-11H,5,8-9H2,1-2H3,(H,17,19). The molecule has 0 fully saturated rings. The smallest absolute Gasteiger partial charge is 0.220 e. The minimum atomic E-state index is 0.117. The number of nitrogens with zero attached hydrogens (tertiary/aromatic N) is 2. The highest BCUT2D eigenvalue weighted by Gasteiger charge is 2.06.